The Kier molecular flexibility index (Phi) is 5.89. The van der Waals surface area contributed by atoms with Crippen LogP contribution in [0.3, 0.4) is 0 Å². The van der Waals surface area contributed by atoms with Crippen molar-refractivity contribution in [1.82, 2.24) is 9.88 Å². The number of piperidine rings is 1. The molecule has 0 bridgehead atoms. The summed E-state index contributed by atoms with van der Waals surface area (Å²) in [6, 6.07) is 7.65. The average Bonchev–Trinajstić information content (AvgIpc) is 3.02. The van der Waals surface area contributed by atoms with Gasteiger partial charge >= 0.3 is 0 Å². The van der Waals surface area contributed by atoms with E-state index in [0.29, 0.717) is 24.5 Å². The van der Waals surface area contributed by atoms with E-state index in [9.17, 15) is 9.90 Å². The summed E-state index contributed by atoms with van der Waals surface area (Å²) in [5.74, 6) is 0.00690. The van der Waals surface area contributed by atoms with Gasteiger partial charge in [0.1, 0.15) is 0 Å². The van der Waals surface area contributed by atoms with Crippen LogP contribution in [0.2, 0.25) is 5.02 Å². The van der Waals surface area contributed by atoms with E-state index in [1.54, 1.807) is 23.5 Å². The molecular formula is C19H21ClN2O2S. The molecule has 1 aliphatic heterocycles. The number of amides is 1. The smallest absolute Gasteiger partial charge is 0.246 e. The van der Waals surface area contributed by atoms with Crippen LogP contribution in [-0.4, -0.2) is 40.1 Å². The van der Waals surface area contributed by atoms with Gasteiger partial charge in [0, 0.05) is 35.5 Å². The maximum absolute atomic E-state index is 12.4. The number of hydrogen-bond acceptors (Lipinski definition) is 4. The molecule has 2 atom stereocenters. The van der Waals surface area contributed by atoms with Crippen LogP contribution in [0, 0.1) is 12.8 Å². The first-order chi connectivity index (χ1) is 12.0. The summed E-state index contributed by atoms with van der Waals surface area (Å²) in [7, 11) is 0. The molecule has 0 saturated carbocycles. The molecular weight excluding hydrogens is 356 g/mol. The molecule has 1 N–H and O–H groups in total. The lowest BCUT2D eigenvalue weighted by molar-refractivity contribution is -0.129. The zero-order chi connectivity index (χ0) is 17.8. The van der Waals surface area contributed by atoms with Crippen molar-refractivity contribution >= 4 is 34.9 Å². The molecule has 132 valence electrons. The maximum Gasteiger partial charge on any atom is 0.246 e. The molecule has 2 heterocycles. The van der Waals surface area contributed by atoms with Crippen molar-refractivity contribution in [2.75, 3.05) is 13.1 Å². The fraction of sp³-hybridized carbons (Fsp3) is 0.368. The zero-order valence-electron chi connectivity index (χ0n) is 14.1. The molecule has 0 aliphatic carbocycles. The summed E-state index contributed by atoms with van der Waals surface area (Å²) in [4.78, 5) is 18.6. The third-order valence-electron chi connectivity index (χ3n) is 4.45. The highest BCUT2D eigenvalue weighted by Gasteiger charge is 2.29. The molecule has 4 nitrogen and oxygen atoms in total. The molecule has 6 heteroatoms. The lowest BCUT2D eigenvalue weighted by atomic mass is 9.88. The van der Waals surface area contributed by atoms with Gasteiger partial charge in [0.05, 0.1) is 16.8 Å². The Labute approximate surface area is 156 Å². The first kappa shape index (κ1) is 18.1. The van der Waals surface area contributed by atoms with Crippen LogP contribution in [0.5, 0.6) is 0 Å². The summed E-state index contributed by atoms with van der Waals surface area (Å²) >= 11 is 7.49. The number of aliphatic hydroxyl groups excluding tert-OH is 1. The number of carbonyl (C=O) groups is 1. The summed E-state index contributed by atoms with van der Waals surface area (Å²) in [6.07, 6.45) is 4.28. The van der Waals surface area contributed by atoms with Crippen molar-refractivity contribution in [1.29, 1.82) is 0 Å². The first-order valence-electron chi connectivity index (χ1n) is 8.33. The van der Waals surface area contributed by atoms with Gasteiger partial charge in [-0.1, -0.05) is 23.7 Å². The molecule has 0 radical (unpaired) electrons. The quantitative estimate of drug-likeness (QED) is 0.830. The Hall–Kier alpha value is -1.69. The molecule has 1 saturated heterocycles. The number of nitrogens with zero attached hydrogens (tertiary/aromatic N) is 2. The van der Waals surface area contributed by atoms with Gasteiger partial charge in [-0.3, -0.25) is 4.79 Å². The van der Waals surface area contributed by atoms with Crippen LogP contribution in [0.1, 0.15) is 22.7 Å². The van der Waals surface area contributed by atoms with E-state index in [1.807, 2.05) is 41.5 Å². The lowest BCUT2D eigenvalue weighted by Crippen LogP contribution is -2.46. The van der Waals surface area contributed by atoms with E-state index in [2.05, 4.69) is 4.98 Å². The number of carbonyl (C=O) groups excluding carboxylic acids is 1. The van der Waals surface area contributed by atoms with E-state index in [1.165, 1.54) is 0 Å². The highest BCUT2D eigenvalue weighted by molar-refractivity contribution is 7.09. The second kappa shape index (κ2) is 8.13. The van der Waals surface area contributed by atoms with Crippen LogP contribution in [0.15, 0.2) is 35.7 Å². The number of thiazole rings is 1. The van der Waals surface area contributed by atoms with Crippen LogP contribution in [-0.2, 0) is 11.2 Å². The Morgan fingerprint density at radius 2 is 2.20 bits per heavy atom. The molecule has 1 fully saturated rings. The van der Waals surface area contributed by atoms with Crippen LogP contribution >= 0.6 is 22.9 Å². The average molecular weight is 377 g/mol. The number of aliphatic hydroxyl groups is 1. The van der Waals surface area contributed by atoms with Crippen LogP contribution in [0.4, 0.5) is 0 Å². The molecule has 0 spiro atoms. The van der Waals surface area contributed by atoms with Crippen molar-refractivity contribution in [2.24, 2.45) is 5.92 Å². The molecule has 1 aliphatic rings. The van der Waals surface area contributed by atoms with Crippen molar-refractivity contribution in [3.05, 3.63) is 57.0 Å². The molecule has 1 aromatic carbocycles. The van der Waals surface area contributed by atoms with Gasteiger partial charge in [0.25, 0.3) is 0 Å². The molecule has 2 aromatic rings. The molecule has 0 unspecified atom stereocenters. The normalized spacial score (nSPS) is 21.0. The van der Waals surface area contributed by atoms with Crippen LogP contribution in [0.25, 0.3) is 6.08 Å². The summed E-state index contributed by atoms with van der Waals surface area (Å²) in [5.41, 5.74) is 1.93. The van der Waals surface area contributed by atoms with Crippen molar-refractivity contribution in [3.63, 3.8) is 0 Å². The van der Waals surface area contributed by atoms with Crippen LogP contribution < -0.4 is 0 Å². The number of rotatable bonds is 4. The van der Waals surface area contributed by atoms with E-state index < -0.39 is 0 Å². The third kappa shape index (κ3) is 4.91. The third-order valence-corrected chi connectivity index (χ3v) is 5.49. The van der Waals surface area contributed by atoms with Crippen molar-refractivity contribution < 1.29 is 9.90 Å². The van der Waals surface area contributed by atoms with Gasteiger partial charge in [-0.2, -0.15) is 0 Å². The van der Waals surface area contributed by atoms with Gasteiger partial charge in [-0.25, -0.2) is 4.98 Å². The second-order valence-corrected chi connectivity index (χ2v) is 7.85. The molecule has 3 rings (SSSR count). The highest BCUT2D eigenvalue weighted by Crippen LogP contribution is 2.23. The minimum Gasteiger partial charge on any atom is -0.393 e. The minimum absolute atomic E-state index is 0.0290. The predicted octanol–water partition coefficient (Wildman–Crippen LogP) is 3.57. The maximum atomic E-state index is 12.4. The fourth-order valence-electron chi connectivity index (χ4n) is 3.06. The number of benzene rings is 1. The standard InChI is InChI=1S/C19H21ClN2O2S/c1-13-21-17(12-25-13)6-7-19(24)22-9-8-18(23)15(11-22)10-14-2-4-16(20)5-3-14/h2-7,12,15,18,23H,8-11H2,1H3/b7-6+/t15-,18+/m1/s1. The summed E-state index contributed by atoms with van der Waals surface area (Å²) < 4.78 is 0. The minimum atomic E-state index is -0.384. The summed E-state index contributed by atoms with van der Waals surface area (Å²) in [5, 5.41) is 13.9. The summed E-state index contributed by atoms with van der Waals surface area (Å²) in [6.45, 7) is 3.08. The molecule has 1 amide bonds. The highest BCUT2D eigenvalue weighted by atomic mass is 35.5. The lowest BCUT2D eigenvalue weighted by Gasteiger charge is -2.36. The number of aromatic nitrogens is 1. The van der Waals surface area contributed by atoms with E-state index in [4.69, 9.17) is 11.6 Å². The largest absolute Gasteiger partial charge is 0.393 e. The van der Waals surface area contributed by atoms with Crippen molar-refractivity contribution in [3.8, 4) is 0 Å². The Balaban J connectivity index is 1.62. The van der Waals surface area contributed by atoms with E-state index >= 15 is 0 Å². The Morgan fingerprint density at radius 1 is 1.44 bits per heavy atom. The SMILES string of the molecule is Cc1nc(/C=C/C(=O)N2CC[C@H](O)[C@H](Cc3ccc(Cl)cc3)C2)cs1. The van der Waals surface area contributed by atoms with Gasteiger partial charge in [0.15, 0.2) is 0 Å². The Bertz CT molecular complexity index is 757. The van der Waals surface area contributed by atoms with E-state index in [-0.39, 0.29) is 17.9 Å². The fourth-order valence-corrected chi connectivity index (χ4v) is 3.77. The number of likely N-dealkylation sites (tertiary alicyclic amines) is 1. The predicted molar refractivity (Wildman–Crippen MR) is 102 cm³/mol. The van der Waals surface area contributed by atoms with Gasteiger partial charge in [-0.15, -0.1) is 11.3 Å². The second-order valence-electron chi connectivity index (χ2n) is 6.36. The first-order valence-corrected chi connectivity index (χ1v) is 9.58. The van der Waals surface area contributed by atoms with E-state index in [0.717, 1.165) is 22.7 Å². The molecule has 25 heavy (non-hydrogen) atoms. The number of halogens is 1. The van der Waals surface area contributed by atoms with Gasteiger partial charge < -0.3 is 10.0 Å². The monoisotopic (exact) mass is 376 g/mol. The van der Waals surface area contributed by atoms with Crippen molar-refractivity contribution in [2.45, 2.75) is 25.9 Å². The zero-order valence-corrected chi connectivity index (χ0v) is 15.6. The van der Waals surface area contributed by atoms with Gasteiger partial charge in [-0.05, 0) is 43.5 Å². The number of hydrogen-bond donors (Lipinski definition) is 1. The number of aryl methyl sites for hydroxylation is 1. The van der Waals surface area contributed by atoms with Gasteiger partial charge in [0.2, 0.25) is 5.91 Å². The topological polar surface area (TPSA) is 53.4 Å². The Morgan fingerprint density at radius 3 is 2.88 bits per heavy atom. The molecule has 1 aromatic heterocycles.